The van der Waals surface area contributed by atoms with E-state index in [4.69, 9.17) is 4.74 Å². The molecule has 134 valence electrons. The Labute approximate surface area is 154 Å². The van der Waals surface area contributed by atoms with E-state index in [0.717, 1.165) is 50.0 Å². The van der Waals surface area contributed by atoms with E-state index in [9.17, 15) is 5.26 Å². The van der Waals surface area contributed by atoms with Gasteiger partial charge >= 0.3 is 0 Å². The van der Waals surface area contributed by atoms with Crippen LogP contribution in [0.15, 0.2) is 24.3 Å². The lowest BCUT2D eigenvalue weighted by atomic mass is 9.93. The van der Waals surface area contributed by atoms with Crippen LogP contribution in [-0.4, -0.2) is 29.9 Å². The zero-order valence-electron chi connectivity index (χ0n) is 15.5. The highest BCUT2D eigenvalue weighted by molar-refractivity contribution is 5.59. The van der Waals surface area contributed by atoms with Gasteiger partial charge in [0.05, 0.1) is 18.8 Å². The highest BCUT2D eigenvalue weighted by Crippen LogP contribution is 2.43. The van der Waals surface area contributed by atoms with E-state index in [0.29, 0.717) is 18.0 Å². The van der Waals surface area contributed by atoms with Gasteiger partial charge in [0.1, 0.15) is 17.2 Å². The molecule has 0 radical (unpaired) electrons. The van der Waals surface area contributed by atoms with E-state index in [-0.39, 0.29) is 5.60 Å². The van der Waals surface area contributed by atoms with Crippen LogP contribution in [0.4, 0.5) is 5.82 Å². The van der Waals surface area contributed by atoms with Gasteiger partial charge in [-0.3, -0.25) is 0 Å². The van der Waals surface area contributed by atoms with Crippen molar-refractivity contribution in [2.45, 2.75) is 45.1 Å². The van der Waals surface area contributed by atoms with Crippen molar-refractivity contribution in [1.82, 2.24) is 10.2 Å². The quantitative estimate of drug-likeness (QED) is 0.853. The summed E-state index contributed by atoms with van der Waals surface area (Å²) in [6.07, 6.45) is 3.61. The summed E-state index contributed by atoms with van der Waals surface area (Å²) < 4.78 is 6.31. The van der Waals surface area contributed by atoms with Crippen LogP contribution in [0.3, 0.4) is 0 Å². The summed E-state index contributed by atoms with van der Waals surface area (Å²) >= 11 is 0. The number of hydrogen-bond acceptors (Lipinski definition) is 5. The van der Waals surface area contributed by atoms with Crippen molar-refractivity contribution in [2.24, 2.45) is 0 Å². The molecular formula is C21H24N4O. The summed E-state index contributed by atoms with van der Waals surface area (Å²) in [4.78, 5) is 2.20. The van der Waals surface area contributed by atoms with Gasteiger partial charge in [-0.2, -0.15) is 10.4 Å². The molecule has 1 aromatic carbocycles. The fourth-order valence-electron chi connectivity index (χ4n) is 4.43. The zero-order chi connectivity index (χ0) is 18.1. The maximum Gasteiger partial charge on any atom is 0.169 e. The topological polar surface area (TPSA) is 62.0 Å². The number of aryl methyl sites for hydroxylation is 2. The molecule has 1 spiro atoms. The van der Waals surface area contributed by atoms with Crippen LogP contribution in [0.1, 0.15) is 48.2 Å². The predicted molar refractivity (Wildman–Crippen MR) is 100 cm³/mol. The monoisotopic (exact) mass is 348 g/mol. The van der Waals surface area contributed by atoms with Gasteiger partial charge in [0.15, 0.2) is 5.82 Å². The summed E-state index contributed by atoms with van der Waals surface area (Å²) in [7, 11) is 0. The van der Waals surface area contributed by atoms with E-state index in [2.05, 4.69) is 59.3 Å². The first-order valence-electron chi connectivity index (χ1n) is 9.48. The molecule has 4 rings (SSSR count). The van der Waals surface area contributed by atoms with Gasteiger partial charge in [-0.05, 0) is 42.4 Å². The molecule has 1 unspecified atom stereocenters. The van der Waals surface area contributed by atoms with E-state index >= 15 is 0 Å². The minimum absolute atomic E-state index is 0.293. The molecule has 0 N–H and O–H groups in total. The van der Waals surface area contributed by atoms with Crippen molar-refractivity contribution in [3.8, 4) is 6.07 Å². The Morgan fingerprint density at radius 3 is 2.85 bits per heavy atom. The lowest BCUT2D eigenvalue weighted by Crippen LogP contribution is -2.49. The van der Waals surface area contributed by atoms with E-state index in [1.807, 2.05) is 0 Å². The minimum atomic E-state index is -0.293. The SMILES string of the molecule is CCc1nnc(N2CCOC3(CCc4ccccc43)C2)c(C#N)c1CC. The van der Waals surface area contributed by atoms with Gasteiger partial charge in [-0.1, -0.05) is 38.1 Å². The number of morpholine rings is 1. The molecule has 0 saturated carbocycles. The molecule has 2 aliphatic rings. The van der Waals surface area contributed by atoms with Crippen LogP contribution in [0.2, 0.25) is 0 Å². The molecule has 26 heavy (non-hydrogen) atoms. The third-order valence-corrected chi connectivity index (χ3v) is 5.73. The molecule has 2 heterocycles. The Morgan fingerprint density at radius 1 is 1.23 bits per heavy atom. The van der Waals surface area contributed by atoms with Crippen LogP contribution in [0, 0.1) is 11.3 Å². The number of ether oxygens (including phenoxy) is 1. The molecule has 1 aromatic heterocycles. The molecule has 1 aliphatic carbocycles. The molecule has 0 bridgehead atoms. The lowest BCUT2D eigenvalue weighted by molar-refractivity contribution is -0.0594. The first-order valence-corrected chi connectivity index (χ1v) is 9.48. The third kappa shape index (κ3) is 2.57. The molecule has 1 aliphatic heterocycles. The van der Waals surface area contributed by atoms with Crippen molar-refractivity contribution in [3.05, 3.63) is 52.2 Å². The predicted octanol–water partition coefficient (Wildman–Crippen LogP) is 3.15. The third-order valence-electron chi connectivity index (χ3n) is 5.73. The maximum absolute atomic E-state index is 9.82. The molecule has 0 amide bonds. The van der Waals surface area contributed by atoms with E-state index < -0.39 is 0 Å². The molecule has 1 saturated heterocycles. The van der Waals surface area contributed by atoms with Gasteiger partial charge in [0.2, 0.25) is 0 Å². The summed E-state index contributed by atoms with van der Waals surface area (Å²) in [6, 6.07) is 10.9. The smallest absolute Gasteiger partial charge is 0.169 e. The molecule has 5 nitrogen and oxygen atoms in total. The van der Waals surface area contributed by atoms with Gasteiger partial charge in [0, 0.05) is 6.54 Å². The second-order valence-corrected chi connectivity index (χ2v) is 7.06. The van der Waals surface area contributed by atoms with Gasteiger partial charge in [0.25, 0.3) is 0 Å². The number of nitriles is 1. The molecule has 1 fully saturated rings. The Kier molecular flexibility index (Phi) is 4.37. The van der Waals surface area contributed by atoms with Crippen LogP contribution in [-0.2, 0) is 29.6 Å². The minimum Gasteiger partial charge on any atom is -0.367 e. The summed E-state index contributed by atoms with van der Waals surface area (Å²) in [5, 5.41) is 18.7. The van der Waals surface area contributed by atoms with Gasteiger partial charge < -0.3 is 9.64 Å². The Morgan fingerprint density at radius 2 is 2.08 bits per heavy atom. The summed E-state index contributed by atoms with van der Waals surface area (Å²) in [5.41, 5.74) is 5.02. The van der Waals surface area contributed by atoms with Crippen molar-refractivity contribution >= 4 is 5.82 Å². The highest BCUT2D eigenvalue weighted by Gasteiger charge is 2.44. The number of hydrogen-bond donors (Lipinski definition) is 0. The van der Waals surface area contributed by atoms with Crippen LogP contribution in [0.5, 0.6) is 0 Å². The number of benzene rings is 1. The van der Waals surface area contributed by atoms with Crippen molar-refractivity contribution in [2.75, 3.05) is 24.6 Å². The summed E-state index contributed by atoms with van der Waals surface area (Å²) in [5.74, 6) is 0.716. The van der Waals surface area contributed by atoms with Crippen molar-refractivity contribution < 1.29 is 4.74 Å². The Balaban J connectivity index is 1.73. The Hall–Kier alpha value is -2.45. The Bertz CT molecular complexity index is 869. The molecule has 1 atom stereocenters. The maximum atomic E-state index is 9.82. The summed E-state index contributed by atoms with van der Waals surface area (Å²) in [6.45, 7) is 6.24. The number of rotatable bonds is 3. The average molecular weight is 348 g/mol. The zero-order valence-corrected chi connectivity index (χ0v) is 15.5. The molecule has 5 heteroatoms. The number of fused-ring (bicyclic) bond motifs is 2. The van der Waals surface area contributed by atoms with Crippen LogP contribution >= 0.6 is 0 Å². The number of anilines is 1. The van der Waals surface area contributed by atoms with Crippen molar-refractivity contribution in [3.63, 3.8) is 0 Å². The van der Waals surface area contributed by atoms with Gasteiger partial charge in [-0.15, -0.1) is 5.10 Å². The fourth-order valence-corrected chi connectivity index (χ4v) is 4.43. The van der Waals surface area contributed by atoms with Crippen LogP contribution in [0.25, 0.3) is 0 Å². The number of aromatic nitrogens is 2. The largest absolute Gasteiger partial charge is 0.367 e. The fraction of sp³-hybridized carbons (Fsp3) is 0.476. The molecule has 2 aromatic rings. The number of nitrogens with zero attached hydrogens (tertiary/aromatic N) is 4. The first kappa shape index (κ1) is 17.0. The van der Waals surface area contributed by atoms with Gasteiger partial charge in [-0.25, -0.2) is 0 Å². The first-order chi connectivity index (χ1) is 12.7. The van der Waals surface area contributed by atoms with E-state index in [1.54, 1.807) is 0 Å². The standard InChI is InChI=1S/C21H24N4O/c1-3-16-17(13-22)20(24-23-19(16)4-2)25-11-12-26-21(14-25)10-9-15-7-5-6-8-18(15)21/h5-8H,3-4,9-12,14H2,1-2H3. The normalized spacial score (nSPS) is 21.7. The molecular weight excluding hydrogens is 324 g/mol. The lowest BCUT2D eigenvalue weighted by Gasteiger charge is -2.42. The highest BCUT2D eigenvalue weighted by atomic mass is 16.5. The van der Waals surface area contributed by atoms with E-state index in [1.165, 1.54) is 11.1 Å². The van der Waals surface area contributed by atoms with Crippen LogP contribution < -0.4 is 4.90 Å². The second-order valence-electron chi connectivity index (χ2n) is 7.06. The second kappa shape index (κ2) is 6.69. The average Bonchev–Trinajstić information content (AvgIpc) is 3.04. The van der Waals surface area contributed by atoms with Crippen molar-refractivity contribution in [1.29, 1.82) is 5.26 Å².